The molecule has 1 saturated heterocycles. The summed E-state index contributed by atoms with van der Waals surface area (Å²) < 4.78 is 40.9. The van der Waals surface area contributed by atoms with Crippen LogP contribution in [0.15, 0.2) is 0 Å². The number of hydrogen-bond acceptors (Lipinski definition) is 2. The molecular formula is C10H18F3NO. The van der Waals surface area contributed by atoms with Crippen molar-refractivity contribution in [1.29, 1.82) is 0 Å². The quantitative estimate of drug-likeness (QED) is 0.726. The van der Waals surface area contributed by atoms with Crippen molar-refractivity contribution in [2.45, 2.75) is 50.9 Å². The maximum Gasteiger partial charge on any atom is 0.389 e. The first-order valence-electron chi connectivity index (χ1n) is 5.41. The van der Waals surface area contributed by atoms with Crippen molar-refractivity contribution in [1.82, 2.24) is 5.32 Å². The Hall–Kier alpha value is -0.290. The number of nitrogens with one attached hydrogen (secondary N) is 1. The monoisotopic (exact) mass is 225 g/mol. The zero-order valence-corrected chi connectivity index (χ0v) is 8.94. The molecule has 2 nitrogen and oxygen atoms in total. The van der Waals surface area contributed by atoms with Gasteiger partial charge in [0, 0.05) is 19.1 Å². The second kappa shape index (κ2) is 5.70. The Morgan fingerprint density at radius 3 is 2.73 bits per heavy atom. The van der Waals surface area contributed by atoms with Gasteiger partial charge in [-0.15, -0.1) is 0 Å². The van der Waals surface area contributed by atoms with E-state index in [4.69, 9.17) is 4.74 Å². The normalized spacial score (nSPS) is 24.4. The van der Waals surface area contributed by atoms with Crippen LogP contribution in [0.25, 0.3) is 0 Å². The van der Waals surface area contributed by atoms with Crippen molar-refractivity contribution in [3.63, 3.8) is 0 Å². The van der Waals surface area contributed by atoms with E-state index in [1.54, 1.807) is 0 Å². The summed E-state index contributed by atoms with van der Waals surface area (Å²) in [5.41, 5.74) is 0. The third-order valence-corrected chi connectivity index (χ3v) is 2.63. The van der Waals surface area contributed by atoms with Crippen molar-refractivity contribution < 1.29 is 17.9 Å². The van der Waals surface area contributed by atoms with Gasteiger partial charge >= 0.3 is 6.18 Å². The summed E-state index contributed by atoms with van der Waals surface area (Å²) >= 11 is 0. The van der Waals surface area contributed by atoms with Crippen molar-refractivity contribution in [2.24, 2.45) is 0 Å². The molecule has 2 atom stereocenters. The Bertz CT molecular complexity index is 178. The van der Waals surface area contributed by atoms with Gasteiger partial charge in [0.25, 0.3) is 0 Å². The van der Waals surface area contributed by atoms with Crippen LogP contribution in [0.2, 0.25) is 0 Å². The lowest BCUT2D eigenvalue weighted by Gasteiger charge is -2.20. The van der Waals surface area contributed by atoms with E-state index in [0.29, 0.717) is 6.54 Å². The molecule has 0 saturated carbocycles. The van der Waals surface area contributed by atoms with Crippen LogP contribution in [0.3, 0.4) is 0 Å². The summed E-state index contributed by atoms with van der Waals surface area (Å²) in [5.74, 6) is 0. The molecule has 1 rings (SSSR count). The highest BCUT2D eigenvalue weighted by molar-refractivity contribution is 4.76. The molecule has 2 unspecified atom stereocenters. The number of hydrogen-bond donors (Lipinski definition) is 1. The highest BCUT2D eigenvalue weighted by atomic mass is 19.4. The van der Waals surface area contributed by atoms with Gasteiger partial charge in [0.2, 0.25) is 0 Å². The van der Waals surface area contributed by atoms with Crippen LogP contribution in [-0.2, 0) is 4.74 Å². The summed E-state index contributed by atoms with van der Waals surface area (Å²) in [6, 6.07) is 0.153. The van der Waals surface area contributed by atoms with E-state index >= 15 is 0 Å². The molecular weight excluding hydrogens is 207 g/mol. The van der Waals surface area contributed by atoms with E-state index in [0.717, 1.165) is 19.4 Å². The first kappa shape index (κ1) is 12.8. The van der Waals surface area contributed by atoms with E-state index in [1.165, 1.54) is 0 Å². The van der Waals surface area contributed by atoms with Crippen molar-refractivity contribution >= 4 is 0 Å². The zero-order valence-electron chi connectivity index (χ0n) is 8.94. The number of halogens is 3. The first-order chi connectivity index (χ1) is 6.99. The van der Waals surface area contributed by atoms with Crippen LogP contribution < -0.4 is 5.32 Å². The molecule has 0 amide bonds. The van der Waals surface area contributed by atoms with E-state index in [-0.39, 0.29) is 18.6 Å². The second-order valence-corrected chi connectivity index (χ2v) is 4.01. The SMILES string of the molecule is CC(NCCCC(F)(F)F)C1CCCO1. The van der Waals surface area contributed by atoms with Gasteiger partial charge in [0.15, 0.2) is 0 Å². The van der Waals surface area contributed by atoms with Gasteiger partial charge < -0.3 is 10.1 Å². The van der Waals surface area contributed by atoms with Crippen LogP contribution >= 0.6 is 0 Å². The van der Waals surface area contributed by atoms with E-state index in [1.807, 2.05) is 6.92 Å². The minimum Gasteiger partial charge on any atom is -0.377 e. The fourth-order valence-corrected chi connectivity index (χ4v) is 1.75. The van der Waals surface area contributed by atoms with Crippen LogP contribution in [0.4, 0.5) is 13.2 Å². The number of ether oxygens (including phenoxy) is 1. The Kier molecular flexibility index (Phi) is 4.86. The topological polar surface area (TPSA) is 21.3 Å². The Balaban J connectivity index is 2.04. The molecule has 1 fully saturated rings. The lowest BCUT2D eigenvalue weighted by atomic mass is 10.1. The predicted octanol–water partition coefficient (Wildman–Crippen LogP) is 2.49. The van der Waals surface area contributed by atoms with Crippen LogP contribution in [0.1, 0.15) is 32.6 Å². The minimum atomic E-state index is -4.03. The summed E-state index contributed by atoms with van der Waals surface area (Å²) in [4.78, 5) is 0. The Morgan fingerprint density at radius 1 is 1.47 bits per heavy atom. The molecule has 0 bridgehead atoms. The standard InChI is InChI=1S/C10H18F3NO/c1-8(9-4-2-7-15-9)14-6-3-5-10(11,12)13/h8-9,14H,2-7H2,1H3. The molecule has 5 heteroatoms. The summed E-state index contributed by atoms with van der Waals surface area (Å²) in [5, 5.41) is 3.07. The first-order valence-corrected chi connectivity index (χ1v) is 5.41. The lowest BCUT2D eigenvalue weighted by molar-refractivity contribution is -0.135. The van der Waals surface area contributed by atoms with Crippen LogP contribution in [0.5, 0.6) is 0 Å². The van der Waals surface area contributed by atoms with Crippen molar-refractivity contribution in [2.75, 3.05) is 13.2 Å². The highest BCUT2D eigenvalue weighted by Gasteiger charge is 2.26. The molecule has 0 aromatic carbocycles. The molecule has 0 aromatic heterocycles. The van der Waals surface area contributed by atoms with Gasteiger partial charge in [-0.1, -0.05) is 0 Å². The summed E-state index contributed by atoms with van der Waals surface area (Å²) in [6.07, 6.45) is -2.36. The average Bonchev–Trinajstić information content (AvgIpc) is 2.63. The average molecular weight is 225 g/mol. The van der Waals surface area contributed by atoms with Gasteiger partial charge in [-0.3, -0.25) is 0 Å². The third-order valence-electron chi connectivity index (χ3n) is 2.63. The fraction of sp³-hybridized carbons (Fsp3) is 1.00. The molecule has 1 aliphatic heterocycles. The Labute approximate surface area is 88.2 Å². The van der Waals surface area contributed by atoms with Gasteiger partial charge in [0.05, 0.1) is 6.10 Å². The molecule has 0 spiro atoms. The lowest BCUT2D eigenvalue weighted by Crippen LogP contribution is -2.37. The molecule has 90 valence electrons. The third kappa shape index (κ3) is 5.37. The van der Waals surface area contributed by atoms with E-state index < -0.39 is 12.6 Å². The van der Waals surface area contributed by atoms with Crippen molar-refractivity contribution in [3.8, 4) is 0 Å². The number of rotatable bonds is 5. The van der Waals surface area contributed by atoms with Crippen LogP contribution in [0, 0.1) is 0 Å². The minimum absolute atomic E-state index is 0.139. The van der Waals surface area contributed by atoms with E-state index in [9.17, 15) is 13.2 Å². The predicted molar refractivity (Wildman–Crippen MR) is 51.7 cm³/mol. The highest BCUT2D eigenvalue weighted by Crippen LogP contribution is 2.21. The maximum atomic E-state index is 11.8. The van der Waals surface area contributed by atoms with E-state index in [2.05, 4.69) is 5.32 Å². The maximum absolute atomic E-state index is 11.8. The fourth-order valence-electron chi connectivity index (χ4n) is 1.75. The van der Waals surface area contributed by atoms with Crippen LogP contribution in [-0.4, -0.2) is 31.5 Å². The molecule has 0 aromatic rings. The zero-order chi connectivity index (χ0) is 11.3. The van der Waals surface area contributed by atoms with Gasteiger partial charge in [-0.05, 0) is 32.7 Å². The number of alkyl halides is 3. The summed E-state index contributed by atoms with van der Waals surface area (Å²) in [7, 11) is 0. The molecule has 1 N–H and O–H groups in total. The van der Waals surface area contributed by atoms with Gasteiger partial charge in [0.1, 0.15) is 0 Å². The summed E-state index contributed by atoms with van der Waals surface area (Å²) in [6.45, 7) is 3.14. The molecule has 0 radical (unpaired) electrons. The Morgan fingerprint density at radius 2 is 2.20 bits per heavy atom. The molecule has 1 heterocycles. The molecule has 15 heavy (non-hydrogen) atoms. The van der Waals surface area contributed by atoms with Gasteiger partial charge in [-0.2, -0.15) is 13.2 Å². The largest absolute Gasteiger partial charge is 0.389 e. The molecule has 0 aliphatic carbocycles. The smallest absolute Gasteiger partial charge is 0.377 e. The van der Waals surface area contributed by atoms with Crippen molar-refractivity contribution in [3.05, 3.63) is 0 Å². The second-order valence-electron chi connectivity index (χ2n) is 4.01. The van der Waals surface area contributed by atoms with Gasteiger partial charge in [-0.25, -0.2) is 0 Å². The molecule has 1 aliphatic rings.